The van der Waals surface area contributed by atoms with Crippen LogP contribution >= 0.6 is 0 Å². The second-order valence-corrected chi connectivity index (χ2v) is 6.18. The lowest BCUT2D eigenvalue weighted by Crippen LogP contribution is -2.44. The molecule has 0 bridgehead atoms. The van der Waals surface area contributed by atoms with Gasteiger partial charge in [0.05, 0.1) is 13.7 Å². The van der Waals surface area contributed by atoms with Crippen LogP contribution in [-0.2, 0) is 0 Å². The summed E-state index contributed by atoms with van der Waals surface area (Å²) in [6.07, 6.45) is 3.22. The van der Waals surface area contributed by atoms with E-state index < -0.39 is 0 Å². The predicted octanol–water partition coefficient (Wildman–Crippen LogP) is 2.92. The van der Waals surface area contributed by atoms with Crippen molar-refractivity contribution in [1.82, 2.24) is 15.1 Å². The minimum absolute atomic E-state index is 0.108. The molecule has 1 fully saturated rings. The highest BCUT2D eigenvalue weighted by Gasteiger charge is 2.28. The van der Waals surface area contributed by atoms with E-state index in [0.29, 0.717) is 36.1 Å². The number of fused-ring (bicyclic) bond motifs is 1. The van der Waals surface area contributed by atoms with Gasteiger partial charge in [0, 0.05) is 24.2 Å². The van der Waals surface area contributed by atoms with Gasteiger partial charge in [-0.25, -0.2) is 0 Å². The van der Waals surface area contributed by atoms with E-state index in [1.807, 2.05) is 18.2 Å². The molecule has 0 spiro atoms. The van der Waals surface area contributed by atoms with Crippen LogP contribution in [0.25, 0.3) is 11.0 Å². The van der Waals surface area contributed by atoms with E-state index >= 15 is 0 Å². The Bertz CT molecular complexity index is 910. The summed E-state index contributed by atoms with van der Waals surface area (Å²) < 4.78 is 16.9. The van der Waals surface area contributed by atoms with Crippen molar-refractivity contribution in [2.75, 3.05) is 20.2 Å². The number of likely N-dealkylation sites (tertiary alicyclic amines) is 1. The number of hydrogen-bond acceptors (Lipinski definition) is 6. The molecule has 1 aliphatic heterocycles. The minimum Gasteiger partial charge on any atom is -0.493 e. The number of amides is 1. The third kappa shape index (κ3) is 3.20. The molecular weight excluding hydrogens is 334 g/mol. The highest BCUT2D eigenvalue weighted by Crippen LogP contribution is 2.29. The van der Waals surface area contributed by atoms with Gasteiger partial charge in [0.2, 0.25) is 5.88 Å². The van der Waals surface area contributed by atoms with Gasteiger partial charge < -0.3 is 18.8 Å². The van der Waals surface area contributed by atoms with Crippen LogP contribution in [0.2, 0.25) is 0 Å². The topological polar surface area (TPSA) is 77.7 Å². The van der Waals surface area contributed by atoms with Gasteiger partial charge in [-0.2, -0.15) is 5.10 Å². The van der Waals surface area contributed by atoms with Crippen LogP contribution in [-0.4, -0.2) is 47.3 Å². The second-order valence-electron chi connectivity index (χ2n) is 6.18. The average molecular weight is 353 g/mol. The average Bonchev–Trinajstić information content (AvgIpc) is 3.12. The first-order chi connectivity index (χ1) is 12.7. The zero-order valence-corrected chi connectivity index (χ0v) is 14.4. The number of piperidine rings is 1. The Kier molecular flexibility index (Phi) is 4.43. The quantitative estimate of drug-likeness (QED) is 0.718. The molecule has 134 valence electrons. The molecule has 1 aromatic carbocycles. The van der Waals surface area contributed by atoms with Crippen LogP contribution in [0.5, 0.6) is 11.6 Å². The van der Waals surface area contributed by atoms with E-state index in [-0.39, 0.29) is 12.0 Å². The molecule has 3 heterocycles. The number of methoxy groups -OCH3 is 1. The van der Waals surface area contributed by atoms with Gasteiger partial charge in [-0.05, 0) is 31.0 Å². The van der Waals surface area contributed by atoms with E-state index in [4.69, 9.17) is 13.9 Å². The fourth-order valence-electron chi connectivity index (χ4n) is 3.20. The Balaban J connectivity index is 1.50. The molecule has 1 atom stereocenters. The standard InChI is InChI=1S/C19H19N3O4/c1-24-15-7-2-5-13-11-16(26-18(13)15)19(23)22-10-4-6-14(12-22)25-17-8-3-9-20-21-17/h2-3,5,7-9,11,14H,4,6,10,12H2,1H3. The van der Waals surface area contributed by atoms with Gasteiger partial charge in [-0.1, -0.05) is 12.1 Å². The first-order valence-electron chi connectivity index (χ1n) is 8.55. The van der Waals surface area contributed by atoms with Crippen LogP contribution < -0.4 is 9.47 Å². The maximum absolute atomic E-state index is 12.9. The number of furan rings is 1. The van der Waals surface area contributed by atoms with Gasteiger partial charge >= 0.3 is 0 Å². The Morgan fingerprint density at radius 3 is 3.04 bits per heavy atom. The Morgan fingerprint density at radius 1 is 1.31 bits per heavy atom. The number of hydrogen-bond donors (Lipinski definition) is 0. The summed E-state index contributed by atoms with van der Waals surface area (Å²) in [5.41, 5.74) is 0.586. The fourth-order valence-corrected chi connectivity index (χ4v) is 3.20. The molecule has 2 aromatic heterocycles. The lowest BCUT2D eigenvalue weighted by Gasteiger charge is -2.31. The van der Waals surface area contributed by atoms with Crippen molar-refractivity contribution in [2.45, 2.75) is 18.9 Å². The van der Waals surface area contributed by atoms with E-state index in [1.54, 1.807) is 36.4 Å². The smallest absolute Gasteiger partial charge is 0.289 e. The number of nitrogens with zero attached hydrogens (tertiary/aromatic N) is 3. The van der Waals surface area contributed by atoms with E-state index in [9.17, 15) is 4.79 Å². The van der Waals surface area contributed by atoms with Crippen molar-refractivity contribution >= 4 is 16.9 Å². The Hall–Kier alpha value is -3.09. The molecule has 0 N–H and O–H groups in total. The number of aromatic nitrogens is 2. The Morgan fingerprint density at radius 2 is 2.23 bits per heavy atom. The first kappa shape index (κ1) is 16.4. The van der Waals surface area contributed by atoms with Gasteiger partial charge in [0.25, 0.3) is 5.91 Å². The minimum atomic E-state index is -0.143. The number of benzene rings is 1. The number of para-hydroxylation sites is 1. The maximum atomic E-state index is 12.9. The van der Waals surface area contributed by atoms with Crippen molar-refractivity contribution in [1.29, 1.82) is 0 Å². The third-order valence-electron chi connectivity index (χ3n) is 4.44. The van der Waals surface area contributed by atoms with E-state index in [2.05, 4.69) is 10.2 Å². The summed E-state index contributed by atoms with van der Waals surface area (Å²) in [4.78, 5) is 14.6. The number of rotatable bonds is 4. The van der Waals surface area contributed by atoms with Crippen molar-refractivity contribution in [3.8, 4) is 11.6 Å². The van der Waals surface area contributed by atoms with Gasteiger partial charge in [-0.15, -0.1) is 5.10 Å². The second kappa shape index (κ2) is 7.03. The van der Waals surface area contributed by atoms with E-state index in [1.165, 1.54) is 0 Å². The zero-order chi connectivity index (χ0) is 17.9. The van der Waals surface area contributed by atoms with Crippen molar-refractivity contribution in [3.63, 3.8) is 0 Å². The molecule has 4 rings (SSSR count). The first-order valence-corrected chi connectivity index (χ1v) is 8.55. The van der Waals surface area contributed by atoms with Crippen LogP contribution in [0.4, 0.5) is 0 Å². The van der Waals surface area contributed by atoms with Crippen LogP contribution in [0, 0.1) is 0 Å². The summed E-state index contributed by atoms with van der Waals surface area (Å²) in [5, 5.41) is 8.60. The molecule has 1 saturated heterocycles. The summed E-state index contributed by atoms with van der Waals surface area (Å²) in [7, 11) is 1.58. The summed E-state index contributed by atoms with van der Waals surface area (Å²) in [5.74, 6) is 1.25. The normalized spacial score (nSPS) is 17.3. The lowest BCUT2D eigenvalue weighted by molar-refractivity contribution is 0.0500. The highest BCUT2D eigenvalue weighted by molar-refractivity contribution is 5.97. The fraction of sp³-hybridized carbons (Fsp3) is 0.316. The molecule has 0 radical (unpaired) electrons. The molecule has 1 aliphatic rings. The molecule has 7 heteroatoms. The molecular formula is C19H19N3O4. The SMILES string of the molecule is COc1cccc2cc(C(=O)N3CCCC(Oc4cccnn4)C3)oc12. The van der Waals surface area contributed by atoms with Gasteiger partial charge in [0.1, 0.15) is 6.10 Å². The molecule has 7 nitrogen and oxygen atoms in total. The lowest BCUT2D eigenvalue weighted by atomic mass is 10.1. The van der Waals surface area contributed by atoms with Gasteiger partial charge in [-0.3, -0.25) is 4.79 Å². The summed E-state index contributed by atoms with van der Waals surface area (Å²) in [6.45, 7) is 1.16. The molecule has 26 heavy (non-hydrogen) atoms. The zero-order valence-electron chi connectivity index (χ0n) is 14.4. The summed E-state index contributed by atoms with van der Waals surface area (Å²) in [6, 6.07) is 10.9. The maximum Gasteiger partial charge on any atom is 0.289 e. The predicted molar refractivity (Wildman–Crippen MR) is 94.4 cm³/mol. The molecule has 1 unspecified atom stereocenters. The molecule has 0 saturated carbocycles. The molecule has 0 aliphatic carbocycles. The van der Waals surface area contributed by atoms with Crippen molar-refractivity contribution in [3.05, 3.63) is 48.4 Å². The van der Waals surface area contributed by atoms with Crippen molar-refractivity contribution in [2.24, 2.45) is 0 Å². The monoisotopic (exact) mass is 353 g/mol. The highest BCUT2D eigenvalue weighted by atomic mass is 16.5. The Labute approximate surface area is 150 Å². The van der Waals surface area contributed by atoms with Crippen LogP contribution in [0.15, 0.2) is 47.0 Å². The number of carbonyl (C=O) groups excluding carboxylic acids is 1. The third-order valence-corrected chi connectivity index (χ3v) is 4.44. The van der Waals surface area contributed by atoms with Crippen LogP contribution in [0.1, 0.15) is 23.4 Å². The van der Waals surface area contributed by atoms with E-state index in [0.717, 1.165) is 18.2 Å². The number of ether oxygens (including phenoxy) is 2. The van der Waals surface area contributed by atoms with Gasteiger partial charge in [0.15, 0.2) is 17.1 Å². The molecule has 1 amide bonds. The largest absolute Gasteiger partial charge is 0.493 e. The summed E-state index contributed by atoms with van der Waals surface area (Å²) >= 11 is 0. The van der Waals surface area contributed by atoms with Crippen molar-refractivity contribution < 1.29 is 18.7 Å². The molecule has 3 aromatic rings. The number of carbonyl (C=O) groups is 1. The van der Waals surface area contributed by atoms with Crippen LogP contribution in [0.3, 0.4) is 0 Å².